The van der Waals surface area contributed by atoms with Crippen molar-refractivity contribution in [3.63, 3.8) is 0 Å². The molecule has 1 aromatic carbocycles. The summed E-state index contributed by atoms with van der Waals surface area (Å²) in [5.74, 6) is 0. The minimum Gasteiger partial charge on any atom is -0.330 e. The molecule has 5 heteroatoms. The Morgan fingerprint density at radius 2 is 2.12 bits per heavy atom. The van der Waals surface area contributed by atoms with Crippen LogP contribution in [0.5, 0.6) is 0 Å². The molecule has 0 radical (unpaired) electrons. The summed E-state index contributed by atoms with van der Waals surface area (Å²) in [6.45, 7) is 1.27. The minimum atomic E-state index is 0.632. The first-order valence-electron chi connectivity index (χ1n) is 5.34. The highest BCUT2D eigenvalue weighted by Crippen LogP contribution is 2.21. The van der Waals surface area contributed by atoms with Gasteiger partial charge in [-0.2, -0.15) is 5.10 Å². The molecule has 0 bridgehead atoms. The maximum atomic E-state index is 6.10. The molecular weight excluding hydrogens is 257 g/mol. The van der Waals surface area contributed by atoms with Gasteiger partial charge in [0.2, 0.25) is 0 Å². The van der Waals surface area contributed by atoms with Crippen molar-refractivity contribution in [3.8, 4) is 0 Å². The normalized spacial score (nSPS) is 10.8. The van der Waals surface area contributed by atoms with Crippen LogP contribution >= 0.6 is 23.2 Å². The fourth-order valence-corrected chi connectivity index (χ4v) is 2.08. The number of halogens is 2. The Bertz CT molecular complexity index is 508. The van der Waals surface area contributed by atoms with Gasteiger partial charge in [0.05, 0.1) is 12.7 Å². The van der Waals surface area contributed by atoms with Crippen molar-refractivity contribution in [3.05, 3.63) is 51.8 Å². The van der Waals surface area contributed by atoms with Crippen LogP contribution in [0, 0.1) is 0 Å². The molecule has 2 N–H and O–H groups in total. The summed E-state index contributed by atoms with van der Waals surface area (Å²) >= 11 is 11.9. The lowest BCUT2D eigenvalue weighted by Gasteiger charge is -2.04. The molecule has 0 fully saturated rings. The lowest BCUT2D eigenvalue weighted by atomic mass is 10.2. The van der Waals surface area contributed by atoms with Crippen LogP contribution in [0.3, 0.4) is 0 Å². The molecule has 17 heavy (non-hydrogen) atoms. The van der Waals surface area contributed by atoms with E-state index in [4.69, 9.17) is 28.9 Å². The molecule has 2 aromatic rings. The summed E-state index contributed by atoms with van der Waals surface area (Å²) in [5, 5.41) is 5.57. The molecule has 3 nitrogen and oxygen atoms in total. The van der Waals surface area contributed by atoms with E-state index in [-0.39, 0.29) is 0 Å². The van der Waals surface area contributed by atoms with Gasteiger partial charge in [-0.3, -0.25) is 4.68 Å². The van der Waals surface area contributed by atoms with Gasteiger partial charge in [0, 0.05) is 16.2 Å². The van der Waals surface area contributed by atoms with Crippen molar-refractivity contribution >= 4 is 23.2 Å². The highest BCUT2D eigenvalue weighted by atomic mass is 35.5. The van der Waals surface area contributed by atoms with Gasteiger partial charge in [-0.15, -0.1) is 0 Å². The zero-order chi connectivity index (χ0) is 12.3. The molecule has 90 valence electrons. The Balaban J connectivity index is 2.13. The third kappa shape index (κ3) is 3.22. The van der Waals surface area contributed by atoms with Gasteiger partial charge < -0.3 is 5.73 Å². The Kier molecular flexibility index (Phi) is 4.05. The smallest absolute Gasteiger partial charge is 0.0674 e. The summed E-state index contributed by atoms with van der Waals surface area (Å²) in [4.78, 5) is 0. The third-order valence-corrected chi connectivity index (χ3v) is 3.05. The van der Waals surface area contributed by atoms with E-state index in [0.717, 1.165) is 17.5 Å². The summed E-state index contributed by atoms with van der Waals surface area (Å²) in [6, 6.07) is 5.48. The maximum absolute atomic E-state index is 6.10. The second-order valence-corrected chi connectivity index (χ2v) is 4.66. The average Bonchev–Trinajstić information content (AvgIpc) is 2.71. The van der Waals surface area contributed by atoms with E-state index in [1.807, 2.05) is 29.2 Å². The van der Waals surface area contributed by atoms with Crippen LogP contribution < -0.4 is 5.73 Å². The van der Waals surface area contributed by atoms with Crippen LogP contribution in [0.4, 0.5) is 0 Å². The van der Waals surface area contributed by atoms with Crippen molar-refractivity contribution in [2.45, 2.75) is 13.0 Å². The highest BCUT2D eigenvalue weighted by Gasteiger charge is 2.03. The SMILES string of the molecule is NCCc1cnn(Cc2ccc(Cl)cc2Cl)c1. The van der Waals surface area contributed by atoms with Gasteiger partial charge in [-0.25, -0.2) is 0 Å². The third-order valence-electron chi connectivity index (χ3n) is 2.47. The molecule has 0 aliphatic heterocycles. The molecule has 0 saturated heterocycles. The fourth-order valence-electron chi connectivity index (χ4n) is 1.61. The monoisotopic (exact) mass is 269 g/mol. The lowest BCUT2D eigenvalue weighted by Crippen LogP contribution is -2.02. The number of rotatable bonds is 4. The maximum Gasteiger partial charge on any atom is 0.0674 e. The molecule has 0 aliphatic carbocycles. The Morgan fingerprint density at radius 3 is 2.82 bits per heavy atom. The first kappa shape index (κ1) is 12.4. The van der Waals surface area contributed by atoms with Gasteiger partial charge >= 0.3 is 0 Å². The van der Waals surface area contributed by atoms with Crippen molar-refractivity contribution < 1.29 is 0 Å². The van der Waals surface area contributed by atoms with Crippen molar-refractivity contribution in [2.75, 3.05) is 6.54 Å². The number of hydrogen-bond donors (Lipinski definition) is 1. The van der Waals surface area contributed by atoms with Crippen LogP contribution in [-0.2, 0) is 13.0 Å². The standard InChI is InChI=1S/C12H13Cl2N3/c13-11-2-1-10(12(14)5-11)8-17-7-9(3-4-15)6-16-17/h1-2,5-7H,3-4,8,15H2. The van der Waals surface area contributed by atoms with E-state index in [1.54, 1.807) is 6.07 Å². The van der Waals surface area contributed by atoms with E-state index in [9.17, 15) is 0 Å². The predicted molar refractivity (Wildman–Crippen MR) is 70.5 cm³/mol. The van der Waals surface area contributed by atoms with E-state index in [0.29, 0.717) is 23.1 Å². The Hall–Kier alpha value is -1.03. The lowest BCUT2D eigenvalue weighted by molar-refractivity contribution is 0.686. The molecule has 0 amide bonds. The second-order valence-electron chi connectivity index (χ2n) is 3.82. The minimum absolute atomic E-state index is 0.632. The zero-order valence-electron chi connectivity index (χ0n) is 9.24. The predicted octanol–water partition coefficient (Wildman–Crippen LogP) is 2.74. The van der Waals surface area contributed by atoms with Crippen LogP contribution in [0.1, 0.15) is 11.1 Å². The number of benzene rings is 1. The Labute approximate surface area is 110 Å². The molecular formula is C12H13Cl2N3. The molecule has 1 heterocycles. The van der Waals surface area contributed by atoms with Gasteiger partial charge in [0.15, 0.2) is 0 Å². The van der Waals surface area contributed by atoms with Crippen molar-refractivity contribution in [1.29, 1.82) is 0 Å². The number of nitrogens with two attached hydrogens (primary N) is 1. The topological polar surface area (TPSA) is 43.8 Å². The average molecular weight is 270 g/mol. The first-order chi connectivity index (χ1) is 8.19. The molecule has 0 aliphatic rings. The summed E-state index contributed by atoms with van der Waals surface area (Å²) < 4.78 is 1.85. The molecule has 2 rings (SSSR count). The van der Waals surface area contributed by atoms with Gasteiger partial charge in [-0.05, 0) is 36.2 Å². The van der Waals surface area contributed by atoms with Crippen LogP contribution in [0.25, 0.3) is 0 Å². The molecule has 0 unspecified atom stereocenters. The van der Waals surface area contributed by atoms with Crippen molar-refractivity contribution in [2.24, 2.45) is 5.73 Å². The van der Waals surface area contributed by atoms with Gasteiger partial charge in [0.25, 0.3) is 0 Å². The number of hydrogen-bond acceptors (Lipinski definition) is 2. The highest BCUT2D eigenvalue weighted by molar-refractivity contribution is 6.35. The van der Waals surface area contributed by atoms with E-state index >= 15 is 0 Å². The molecule has 0 atom stereocenters. The largest absolute Gasteiger partial charge is 0.330 e. The van der Waals surface area contributed by atoms with Gasteiger partial charge in [-0.1, -0.05) is 29.3 Å². The summed E-state index contributed by atoms with van der Waals surface area (Å²) in [7, 11) is 0. The second kappa shape index (κ2) is 5.54. The zero-order valence-corrected chi connectivity index (χ0v) is 10.7. The summed E-state index contributed by atoms with van der Waals surface area (Å²) in [5.41, 5.74) is 7.63. The Morgan fingerprint density at radius 1 is 1.29 bits per heavy atom. The van der Waals surface area contributed by atoms with E-state index in [1.165, 1.54) is 0 Å². The van der Waals surface area contributed by atoms with Crippen LogP contribution in [0.2, 0.25) is 10.0 Å². The van der Waals surface area contributed by atoms with Crippen molar-refractivity contribution in [1.82, 2.24) is 9.78 Å². The molecule has 0 spiro atoms. The summed E-state index contributed by atoms with van der Waals surface area (Å²) in [6.07, 6.45) is 4.66. The van der Waals surface area contributed by atoms with Crippen LogP contribution in [0.15, 0.2) is 30.6 Å². The quantitative estimate of drug-likeness (QED) is 0.928. The number of aromatic nitrogens is 2. The molecule has 1 aromatic heterocycles. The molecule has 0 saturated carbocycles. The van der Waals surface area contributed by atoms with Gasteiger partial charge in [0.1, 0.15) is 0 Å². The fraction of sp³-hybridized carbons (Fsp3) is 0.250. The first-order valence-corrected chi connectivity index (χ1v) is 6.10. The van der Waals surface area contributed by atoms with Crippen LogP contribution in [-0.4, -0.2) is 16.3 Å². The van der Waals surface area contributed by atoms with E-state index in [2.05, 4.69) is 5.10 Å². The number of nitrogens with zero attached hydrogens (tertiary/aromatic N) is 2. The van der Waals surface area contributed by atoms with E-state index < -0.39 is 0 Å².